The van der Waals surface area contributed by atoms with Gasteiger partial charge in [-0.2, -0.15) is 5.10 Å². The first kappa shape index (κ1) is 15.1. The van der Waals surface area contributed by atoms with Gasteiger partial charge in [0.1, 0.15) is 11.5 Å². The number of hydrogen-bond donors (Lipinski definition) is 1. The van der Waals surface area contributed by atoms with Gasteiger partial charge < -0.3 is 10.2 Å². The van der Waals surface area contributed by atoms with Crippen molar-refractivity contribution < 1.29 is 4.74 Å². The second-order valence-electron chi connectivity index (χ2n) is 5.93. The minimum atomic E-state index is 0.160. The van der Waals surface area contributed by atoms with Crippen LogP contribution in [0.25, 0.3) is 0 Å². The van der Waals surface area contributed by atoms with E-state index in [1.54, 1.807) is 13.3 Å². The minimum absolute atomic E-state index is 0.160. The van der Waals surface area contributed by atoms with Gasteiger partial charge in [0.25, 0.3) is 0 Å². The van der Waals surface area contributed by atoms with Crippen molar-refractivity contribution in [3.8, 4) is 11.5 Å². The topological polar surface area (TPSA) is 33.6 Å². The molecule has 0 atom stereocenters. The fraction of sp³-hybridized carbons (Fsp3) is 0.278. The predicted octanol–water partition coefficient (Wildman–Crippen LogP) is 4.33. The average Bonchev–Trinajstić information content (AvgIpc) is 2.46. The second-order valence-corrected chi connectivity index (χ2v) is 5.93. The molecule has 0 aliphatic carbocycles. The van der Waals surface area contributed by atoms with Gasteiger partial charge in [-0.15, -0.1) is 0 Å². The van der Waals surface area contributed by atoms with Crippen molar-refractivity contribution in [3.63, 3.8) is 0 Å². The summed E-state index contributed by atoms with van der Waals surface area (Å²) in [6.07, 6.45) is 1.77. The maximum atomic E-state index is 5.85. The summed E-state index contributed by atoms with van der Waals surface area (Å²) < 4.78 is 5.85. The van der Waals surface area contributed by atoms with Gasteiger partial charge in [0.15, 0.2) is 0 Å². The molecule has 0 aliphatic rings. The van der Waals surface area contributed by atoms with E-state index in [0.29, 0.717) is 0 Å². The van der Waals surface area contributed by atoms with E-state index in [2.05, 4.69) is 43.4 Å². The number of benzene rings is 2. The zero-order valence-electron chi connectivity index (χ0n) is 13.1. The molecule has 0 amide bonds. The minimum Gasteiger partial charge on any atom is -0.457 e. The number of hydrazone groups is 1. The molecule has 21 heavy (non-hydrogen) atoms. The first-order valence-electron chi connectivity index (χ1n) is 7.07. The molecule has 0 unspecified atom stereocenters. The Morgan fingerprint density at radius 1 is 0.905 bits per heavy atom. The molecule has 0 saturated carbocycles. The number of hydrogen-bond acceptors (Lipinski definition) is 3. The standard InChI is InChI=1S/C18H22N2O/c1-18(2,3)15-7-11-17(12-8-15)21-16-9-5-14(6-10-16)13-20-19-4/h5-13,19H,1-4H3. The molecule has 110 valence electrons. The Kier molecular flexibility index (Phi) is 4.63. The van der Waals surface area contributed by atoms with E-state index in [-0.39, 0.29) is 5.41 Å². The first-order valence-corrected chi connectivity index (χ1v) is 7.07. The van der Waals surface area contributed by atoms with Crippen molar-refractivity contribution in [2.24, 2.45) is 5.10 Å². The van der Waals surface area contributed by atoms with Crippen LogP contribution < -0.4 is 10.2 Å². The fourth-order valence-electron chi connectivity index (χ4n) is 1.92. The predicted molar refractivity (Wildman–Crippen MR) is 88.3 cm³/mol. The molecule has 0 aromatic heterocycles. The van der Waals surface area contributed by atoms with Crippen molar-refractivity contribution in [2.45, 2.75) is 26.2 Å². The monoisotopic (exact) mass is 282 g/mol. The Bertz CT molecular complexity index is 593. The van der Waals surface area contributed by atoms with Crippen LogP contribution >= 0.6 is 0 Å². The lowest BCUT2D eigenvalue weighted by Gasteiger charge is -2.19. The summed E-state index contributed by atoms with van der Waals surface area (Å²) >= 11 is 0. The van der Waals surface area contributed by atoms with E-state index < -0.39 is 0 Å². The van der Waals surface area contributed by atoms with Crippen molar-refractivity contribution in [1.29, 1.82) is 0 Å². The third kappa shape index (κ3) is 4.35. The molecule has 2 rings (SSSR count). The highest BCUT2D eigenvalue weighted by atomic mass is 16.5. The van der Waals surface area contributed by atoms with Crippen molar-refractivity contribution in [1.82, 2.24) is 5.43 Å². The molecule has 0 bridgehead atoms. The molecular weight excluding hydrogens is 260 g/mol. The van der Waals surface area contributed by atoms with E-state index in [1.165, 1.54) is 5.56 Å². The van der Waals surface area contributed by atoms with Gasteiger partial charge in [0.05, 0.1) is 6.21 Å². The summed E-state index contributed by atoms with van der Waals surface area (Å²) in [5, 5.41) is 3.97. The Labute approximate surface area is 126 Å². The second kappa shape index (κ2) is 6.44. The molecule has 0 heterocycles. The summed E-state index contributed by atoms with van der Waals surface area (Å²) in [6.45, 7) is 6.61. The van der Waals surface area contributed by atoms with E-state index in [9.17, 15) is 0 Å². The molecule has 3 heteroatoms. The van der Waals surface area contributed by atoms with Crippen LogP contribution in [0.3, 0.4) is 0 Å². The lowest BCUT2D eigenvalue weighted by atomic mass is 9.87. The van der Waals surface area contributed by atoms with Gasteiger partial charge in [0.2, 0.25) is 0 Å². The van der Waals surface area contributed by atoms with Gasteiger partial charge >= 0.3 is 0 Å². The largest absolute Gasteiger partial charge is 0.457 e. The quantitative estimate of drug-likeness (QED) is 0.669. The molecule has 0 saturated heterocycles. The lowest BCUT2D eigenvalue weighted by Crippen LogP contribution is -2.10. The Hall–Kier alpha value is -2.29. The fourth-order valence-corrected chi connectivity index (χ4v) is 1.92. The molecule has 0 fully saturated rings. The van der Waals surface area contributed by atoms with Gasteiger partial charge in [-0.1, -0.05) is 32.9 Å². The highest BCUT2D eigenvalue weighted by molar-refractivity contribution is 5.79. The van der Waals surface area contributed by atoms with Crippen LogP contribution in [0.1, 0.15) is 31.9 Å². The first-order chi connectivity index (χ1) is 9.99. The third-order valence-electron chi connectivity index (χ3n) is 3.18. The Balaban J connectivity index is 2.06. The molecule has 1 N–H and O–H groups in total. The van der Waals surface area contributed by atoms with Crippen LogP contribution in [-0.2, 0) is 5.41 Å². The number of rotatable bonds is 4. The Morgan fingerprint density at radius 2 is 1.43 bits per heavy atom. The SMILES string of the molecule is CNN=Cc1ccc(Oc2ccc(C(C)(C)C)cc2)cc1. The van der Waals surface area contributed by atoms with Crippen LogP contribution in [0.4, 0.5) is 0 Å². The van der Waals surface area contributed by atoms with Crippen LogP contribution in [-0.4, -0.2) is 13.3 Å². The molecule has 0 aliphatic heterocycles. The zero-order valence-corrected chi connectivity index (χ0v) is 13.1. The number of nitrogens with one attached hydrogen (secondary N) is 1. The van der Waals surface area contributed by atoms with Crippen LogP contribution in [0.15, 0.2) is 53.6 Å². The maximum absolute atomic E-state index is 5.85. The lowest BCUT2D eigenvalue weighted by molar-refractivity contribution is 0.481. The highest BCUT2D eigenvalue weighted by Gasteiger charge is 2.12. The van der Waals surface area contributed by atoms with Crippen LogP contribution in [0, 0.1) is 0 Å². The molecule has 0 spiro atoms. The van der Waals surface area contributed by atoms with E-state index in [0.717, 1.165) is 17.1 Å². The summed E-state index contributed by atoms with van der Waals surface area (Å²) in [7, 11) is 1.77. The van der Waals surface area contributed by atoms with Crippen molar-refractivity contribution in [3.05, 3.63) is 59.7 Å². The molecule has 0 radical (unpaired) electrons. The summed E-state index contributed by atoms with van der Waals surface area (Å²) in [4.78, 5) is 0. The summed E-state index contributed by atoms with van der Waals surface area (Å²) in [6, 6.07) is 16.1. The maximum Gasteiger partial charge on any atom is 0.127 e. The van der Waals surface area contributed by atoms with E-state index in [4.69, 9.17) is 4.74 Å². The summed E-state index contributed by atoms with van der Waals surface area (Å²) in [5.41, 5.74) is 5.21. The van der Waals surface area contributed by atoms with Crippen LogP contribution in [0.2, 0.25) is 0 Å². The van der Waals surface area contributed by atoms with Crippen molar-refractivity contribution in [2.75, 3.05) is 7.05 Å². The van der Waals surface area contributed by atoms with Crippen molar-refractivity contribution >= 4 is 6.21 Å². The van der Waals surface area contributed by atoms with Gasteiger partial charge in [-0.05, 0) is 52.9 Å². The highest BCUT2D eigenvalue weighted by Crippen LogP contribution is 2.26. The smallest absolute Gasteiger partial charge is 0.127 e. The van der Waals surface area contributed by atoms with E-state index in [1.807, 2.05) is 36.4 Å². The summed E-state index contributed by atoms with van der Waals surface area (Å²) in [5.74, 6) is 1.67. The third-order valence-corrected chi connectivity index (χ3v) is 3.18. The molecular formula is C18H22N2O. The average molecular weight is 282 g/mol. The number of nitrogens with zero attached hydrogens (tertiary/aromatic N) is 1. The number of ether oxygens (including phenoxy) is 1. The normalized spacial score (nSPS) is 11.6. The van der Waals surface area contributed by atoms with E-state index >= 15 is 0 Å². The molecule has 2 aromatic carbocycles. The van der Waals surface area contributed by atoms with Gasteiger partial charge in [-0.3, -0.25) is 0 Å². The van der Waals surface area contributed by atoms with Gasteiger partial charge in [0, 0.05) is 7.05 Å². The molecule has 3 nitrogen and oxygen atoms in total. The van der Waals surface area contributed by atoms with Crippen LogP contribution in [0.5, 0.6) is 11.5 Å². The zero-order chi connectivity index (χ0) is 15.3. The Morgan fingerprint density at radius 3 is 1.90 bits per heavy atom. The van der Waals surface area contributed by atoms with Gasteiger partial charge in [-0.25, -0.2) is 0 Å². The molecule has 2 aromatic rings.